The van der Waals surface area contributed by atoms with Crippen molar-refractivity contribution in [2.75, 3.05) is 0 Å². The highest BCUT2D eigenvalue weighted by Crippen LogP contribution is 2.27. The quantitative estimate of drug-likeness (QED) is 0.723. The lowest BCUT2D eigenvalue weighted by molar-refractivity contribution is 0.346. The normalized spacial score (nSPS) is 18.3. The fourth-order valence-corrected chi connectivity index (χ4v) is 2.38. The van der Waals surface area contributed by atoms with Crippen molar-refractivity contribution in [1.29, 1.82) is 0 Å². The fourth-order valence-electron chi connectivity index (χ4n) is 2.07. The standard InChI is InChI=1S/C10H14N2OS/c13-9-6-7-12(10(14)11-9)8-4-2-1-3-5-8/h6-8H,1-5H2,(H,11,13,14). The molecule has 1 saturated carbocycles. The smallest absolute Gasteiger partial charge is 0.251 e. The van der Waals surface area contributed by atoms with E-state index in [1.807, 2.05) is 10.8 Å². The van der Waals surface area contributed by atoms with Gasteiger partial charge >= 0.3 is 0 Å². The average molecular weight is 210 g/mol. The zero-order valence-electron chi connectivity index (χ0n) is 8.03. The van der Waals surface area contributed by atoms with E-state index in [-0.39, 0.29) is 5.56 Å². The average Bonchev–Trinajstić information content (AvgIpc) is 2.19. The van der Waals surface area contributed by atoms with E-state index < -0.39 is 0 Å². The van der Waals surface area contributed by atoms with E-state index in [2.05, 4.69) is 4.98 Å². The monoisotopic (exact) mass is 210 g/mol. The molecule has 0 spiro atoms. The van der Waals surface area contributed by atoms with E-state index in [0.717, 1.165) is 0 Å². The van der Waals surface area contributed by atoms with Crippen LogP contribution in [0.2, 0.25) is 0 Å². The molecule has 0 radical (unpaired) electrons. The van der Waals surface area contributed by atoms with Gasteiger partial charge in [0.25, 0.3) is 5.56 Å². The van der Waals surface area contributed by atoms with Gasteiger partial charge in [0.05, 0.1) is 0 Å². The zero-order valence-corrected chi connectivity index (χ0v) is 8.85. The first kappa shape index (κ1) is 9.65. The summed E-state index contributed by atoms with van der Waals surface area (Å²) in [4.78, 5) is 13.6. The molecule has 1 aliphatic rings. The van der Waals surface area contributed by atoms with Gasteiger partial charge in [-0.25, -0.2) is 0 Å². The first-order chi connectivity index (χ1) is 6.77. The minimum absolute atomic E-state index is 0.109. The Balaban J connectivity index is 2.31. The minimum Gasteiger partial charge on any atom is -0.322 e. The molecular weight excluding hydrogens is 196 g/mol. The first-order valence-corrected chi connectivity index (χ1v) is 5.50. The molecule has 0 bridgehead atoms. The van der Waals surface area contributed by atoms with E-state index in [1.54, 1.807) is 6.07 Å². The number of nitrogens with one attached hydrogen (secondary N) is 1. The van der Waals surface area contributed by atoms with Crippen molar-refractivity contribution >= 4 is 12.2 Å². The summed E-state index contributed by atoms with van der Waals surface area (Å²) in [7, 11) is 0. The summed E-state index contributed by atoms with van der Waals surface area (Å²) in [6.45, 7) is 0. The van der Waals surface area contributed by atoms with Crippen molar-refractivity contribution in [1.82, 2.24) is 9.55 Å². The van der Waals surface area contributed by atoms with Crippen molar-refractivity contribution in [2.24, 2.45) is 0 Å². The van der Waals surface area contributed by atoms with Gasteiger partial charge in [-0.3, -0.25) is 9.78 Å². The Labute approximate surface area is 87.8 Å². The van der Waals surface area contributed by atoms with Gasteiger partial charge in [-0.05, 0) is 25.1 Å². The zero-order chi connectivity index (χ0) is 9.97. The molecule has 1 aliphatic carbocycles. The van der Waals surface area contributed by atoms with Crippen molar-refractivity contribution in [3.05, 3.63) is 27.4 Å². The van der Waals surface area contributed by atoms with Gasteiger partial charge in [0.1, 0.15) is 0 Å². The molecule has 3 nitrogen and oxygen atoms in total. The number of H-pyrrole nitrogens is 1. The molecule has 2 rings (SSSR count). The van der Waals surface area contributed by atoms with E-state index in [1.165, 1.54) is 32.1 Å². The van der Waals surface area contributed by atoms with Gasteiger partial charge < -0.3 is 4.57 Å². The van der Waals surface area contributed by atoms with E-state index in [0.29, 0.717) is 10.8 Å². The number of hydrogen-bond donors (Lipinski definition) is 1. The van der Waals surface area contributed by atoms with E-state index in [4.69, 9.17) is 12.2 Å². The maximum Gasteiger partial charge on any atom is 0.251 e. The summed E-state index contributed by atoms with van der Waals surface area (Å²) in [6.07, 6.45) is 8.04. The molecule has 76 valence electrons. The Hall–Kier alpha value is -0.900. The lowest BCUT2D eigenvalue weighted by atomic mass is 9.95. The number of aromatic amines is 1. The molecule has 1 aromatic rings. The third-order valence-electron chi connectivity index (χ3n) is 2.82. The van der Waals surface area contributed by atoms with Gasteiger partial charge in [0.2, 0.25) is 0 Å². The van der Waals surface area contributed by atoms with Crippen LogP contribution in [0.1, 0.15) is 38.1 Å². The second kappa shape index (κ2) is 4.09. The predicted molar refractivity (Wildman–Crippen MR) is 58.0 cm³/mol. The van der Waals surface area contributed by atoms with Gasteiger partial charge in [-0.2, -0.15) is 0 Å². The molecule has 1 fully saturated rings. The molecule has 14 heavy (non-hydrogen) atoms. The van der Waals surface area contributed by atoms with Gasteiger partial charge in [0, 0.05) is 18.3 Å². The molecule has 1 N–H and O–H groups in total. The SMILES string of the molecule is O=c1ccn(C2CCCCC2)c(=S)[nH]1. The van der Waals surface area contributed by atoms with Crippen molar-refractivity contribution in [3.63, 3.8) is 0 Å². The van der Waals surface area contributed by atoms with Crippen LogP contribution in [0.15, 0.2) is 17.1 Å². The van der Waals surface area contributed by atoms with Gasteiger partial charge in [-0.15, -0.1) is 0 Å². The van der Waals surface area contributed by atoms with Crippen LogP contribution < -0.4 is 5.56 Å². The molecular formula is C10H14N2OS. The van der Waals surface area contributed by atoms with Crippen LogP contribution in [-0.2, 0) is 0 Å². The van der Waals surface area contributed by atoms with Crippen LogP contribution in [0.25, 0.3) is 0 Å². The summed E-state index contributed by atoms with van der Waals surface area (Å²) in [6, 6.07) is 2.04. The predicted octanol–water partition coefficient (Wildman–Crippen LogP) is 2.41. The number of aromatic nitrogens is 2. The number of hydrogen-bond acceptors (Lipinski definition) is 2. The highest BCUT2D eigenvalue weighted by Gasteiger charge is 2.14. The van der Waals surface area contributed by atoms with Crippen LogP contribution in [0.5, 0.6) is 0 Å². The highest BCUT2D eigenvalue weighted by molar-refractivity contribution is 7.71. The molecule has 0 atom stereocenters. The molecule has 0 amide bonds. The molecule has 0 aromatic carbocycles. The molecule has 4 heteroatoms. The van der Waals surface area contributed by atoms with Gasteiger partial charge in [0.15, 0.2) is 4.77 Å². The Kier molecular flexibility index (Phi) is 2.82. The van der Waals surface area contributed by atoms with Crippen molar-refractivity contribution in [3.8, 4) is 0 Å². The second-order valence-electron chi connectivity index (χ2n) is 3.81. The number of rotatable bonds is 1. The Morgan fingerprint density at radius 3 is 2.71 bits per heavy atom. The maximum absolute atomic E-state index is 11.0. The summed E-state index contributed by atoms with van der Waals surface area (Å²) < 4.78 is 2.58. The third-order valence-corrected chi connectivity index (χ3v) is 3.13. The highest BCUT2D eigenvalue weighted by atomic mass is 32.1. The van der Waals surface area contributed by atoms with Crippen LogP contribution in [0.4, 0.5) is 0 Å². The van der Waals surface area contributed by atoms with Crippen LogP contribution in [-0.4, -0.2) is 9.55 Å². The molecule has 1 aromatic heterocycles. The van der Waals surface area contributed by atoms with Crippen molar-refractivity contribution in [2.45, 2.75) is 38.1 Å². The van der Waals surface area contributed by atoms with Crippen LogP contribution >= 0.6 is 12.2 Å². The van der Waals surface area contributed by atoms with E-state index in [9.17, 15) is 4.79 Å². The Morgan fingerprint density at radius 2 is 2.07 bits per heavy atom. The fraction of sp³-hybridized carbons (Fsp3) is 0.600. The number of nitrogens with zero attached hydrogens (tertiary/aromatic N) is 1. The van der Waals surface area contributed by atoms with Crippen molar-refractivity contribution < 1.29 is 0 Å². The van der Waals surface area contributed by atoms with E-state index >= 15 is 0 Å². The lowest BCUT2D eigenvalue weighted by Gasteiger charge is -2.24. The summed E-state index contributed by atoms with van der Waals surface area (Å²) in [5.74, 6) is 0. The lowest BCUT2D eigenvalue weighted by Crippen LogP contribution is -2.18. The second-order valence-corrected chi connectivity index (χ2v) is 4.20. The molecule has 1 heterocycles. The summed E-state index contributed by atoms with van der Waals surface area (Å²) in [5.41, 5.74) is -0.109. The molecule has 0 aliphatic heterocycles. The van der Waals surface area contributed by atoms with Gasteiger partial charge in [-0.1, -0.05) is 19.3 Å². The largest absolute Gasteiger partial charge is 0.322 e. The summed E-state index contributed by atoms with van der Waals surface area (Å²) in [5, 5.41) is 0. The first-order valence-electron chi connectivity index (χ1n) is 5.09. The topological polar surface area (TPSA) is 37.8 Å². The van der Waals surface area contributed by atoms with Crippen LogP contribution in [0, 0.1) is 4.77 Å². The molecule has 0 saturated heterocycles. The maximum atomic E-state index is 11.0. The minimum atomic E-state index is -0.109. The molecule has 0 unspecified atom stereocenters. The summed E-state index contributed by atoms with van der Waals surface area (Å²) >= 11 is 5.13. The Morgan fingerprint density at radius 1 is 1.36 bits per heavy atom. The third kappa shape index (κ3) is 1.95. The van der Waals surface area contributed by atoms with Crippen LogP contribution in [0.3, 0.4) is 0 Å². The Bertz CT molecular complexity index is 415.